The van der Waals surface area contributed by atoms with E-state index in [9.17, 15) is 4.79 Å². The second kappa shape index (κ2) is 7.61. The van der Waals surface area contributed by atoms with Crippen molar-refractivity contribution < 1.29 is 9.53 Å². The molecule has 0 radical (unpaired) electrons. The zero-order valence-electron chi connectivity index (χ0n) is 16.0. The number of carbonyl (C=O) groups is 1. The number of nitrogens with zero attached hydrogens (tertiary/aromatic N) is 2. The Hall–Kier alpha value is -2.53. The van der Waals surface area contributed by atoms with Crippen LogP contribution in [-0.4, -0.2) is 21.0 Å². The molecule has 0 aliphatic heterocycles. The summed E-state index contributed by atoms with van der Waals surface area (Å²) in [7, 11) is 0. The summed E-state index contributed by atoms with van der Waals surface area (Å²) in [4.78, 5) is 17.1. The zero-order valence-corrected chi connectivity index (χ0v) is 16.8. The molecule has 1 N–H and O–H groups in total. The fourth-order valence-corrected chi connectivity index (χ4v) is 2.99. The molecule has 0 unspecified atom stereocenters. The monoisotopic (exact) mass is 385 g/mol. The third-order valence-corrected chi connectivity index (χ3v) is 4.47. The van der Waals surface area contributed by atoms with Crippen LogP contribution in [0.15, 0.2) is 42.5 Å². The van der Waals surface area contributed by atoms with Crippen LogP contribution in [0.5, 0.6) is 5.75 Å². The first-order chi connectivity index (χ1) is 12.7. The molecular formula is C21H24ClN3O2. The summed E-state index contributed by atoms with van der Waals surface area (Å²) >= 11 is 6.07. The number of aryl methyl sites for hydroxylation is 1. The molecule has 0 spiro atoms. The van der Waals surface area contributed by atoms with Gasteiger partial charge >= 0.3 is 0 Å². The van der Waals surface area contributed by atoms with Gasteiger partial charge in [-0.1, -0.05) is 23.7 Å². The lowest BCUT2D eigenvalue weighted by Crippen LogP contribution is -2.42. The van der Waals surface area contributed by atoms with E-state index in [2.05, 4.69) is 10.3 Å². The van der Waals surface area contributed by atoms with Crippen LogP contribution in [0.2, 0.25) is 5.02 Å². The second-order valence-electron chi connectivity index (χ2n) is 7.60. The van der Waals surface area contributed by atoms with E-state index in [0.29, 0.717) is 10.8 Å². The Kier molecular flexibility index (Phi) is 5.42. The molecule has 142 valence electrons. The van der Waals surface area contributed by atoms with Crippen molar-refractivity contribution in [1.29, 1.82) is 0 Å². The van der Waals surface area contributed by atoms with E-state index in [1.165, 1.54) is 0 Å². The Morgan fingerprint density at radius 2 is 1.96 bits per heavy atom. The molecule has 1 heterocycles. The molecule has 0 bridgehead atoms. The summed E-state index contributed by atoms with van der Waals surface area (Å²) in [6.07, 6.45) is 0. The third-order valence-electron chi connectivity index (χ3n) is 4.05. The molecular weight excluding hydrogens is 362 g/mol. The van der Waals surface area contributed by atoms with Gasteiger partial charge in [-0.05, 0) is 63.6 Å². The predicted octanol–water partition coefficient (Wildman–Crippen LogP) is 4.49. The van der Waals surface area contributed by atoms with Gasteiger partial charge in [-0.2, -0.15) is 0 Å². The number of halogens is 1. The number of para-hydroxylation sites is 2. The number of fused-ring (bicyclic) bond motifs is 1. The van der Waals surface area contributed by atoms with Crippen molar-refractivity contribution in [3.05, 3.63) is 58.9 Å². The van der Waals surface area contributed by atoms with Crippen molar-refractivity contribution in [2.24, 2.45) is 0 Å². The maximum atomic E-state index is 12.5. The maximum absolute atomic E-state index is 12.5. The topological polar surface area (TPSA) is 56.2 Å². The van der Waals surface area contributed by atoms with E-state index in [0.717, 1.165) is 22.3 Å². The largest absolute Gasteiger partial charge is 0.486 e. The Labute approximate surface area is 164 Å². The minimum absolute atomic E-state index is 0.0609. The van der Waals surface area contributed by atoms with Crippen LogP contribution in [0, 0.1) is 6.92 Å². The number of hydrogen-bond acceptors (Lipinski definition) is 3. The number of carbonyl (C=O) groups excluding carboxylic acids is 1. The van der Waals surface area contributed by atoms with Gasteiger partial charge in [0.2, 0.25) is 5.91 Å². The standard InChI is InChI=1S/C21H24ClN3O2/c1-14-11-15(9-10-16(14)22)27-13-19-23-17-7-5-6-8-18(17)25(19)12-20(26)24-21(2,3)4/h5-11H,12-13H2,1-4H3,(H,24,26). The SMILES string of the molecule is Cc1cc(OCc2nc3ccccc3n2CC(=O)NC(C)(C)C)ccc1Cl. The van der Waals surface area contributed by atoms with Crippen LogP contribution in [0.1, 0.15) is 32.2 Å². The van der Waals surface area contributed by atoms with E-state index in [1.807, 2.05) is 74.7 Å². The van der Waals surface area contributed by atoms with Crippen LogP contribution >= 0.6 is 11.6 Å². The van der Waals surface area contributed by atoms with Gasteiger partial charge in [0.1, 0.15) is 24.7 Å². The highest BCUT2D eigenvalue weighted by atomic mass is 35.5. The highest BCUT2D eigenvalue weighted by Gasteiger charge is 2.18. The molecule has 6 heteroatoms. The van der Waals surface area contributed by atoms with Crippen molar-refractivity contribution >= 4 is 28.5 Å². The summed E-state index contributed by atoms with van der Waals surface area (Å²) in [5, 5.41) is 3.70. The molecule has 0 fully saturated rings. The summed E-state index contributed by atoms with van der Waals surface area (Å²) in [6.45, 7) is 8.27. The summed E-state index contributed by atoms with van der Waals surface area (Å²) in [5.74, 6) is 1.36. The maximum Gasteiger partial charge on any atom is 0.240 e. The molecule has 5 nitrogen and oxygen atoms in total. The van der Waals surface area contributed by atoms with E-state index in [4.69, 9.17) is 16.3 Å². The molecule has 0 saturated carbocycles. The smallest absolute Gasteiger partial charge is 0.240 e. The van der Waals surface area contributed by atoms with Gasteiger partial charge in [-0.3, -0.25) is 4.79 Å². The lowest BCUT2D eigenvalue weighted by atomic mass is 10.1. The molecule has 2 aromatic carbocycles. The second-order valence-corrected chi connectivity index (χ2v) is 8.01. The summed E-state index contributed by atoms with van der Waals surface area (Å²) < 4.78 is 7.81. The number of ether oxygens (including phenoxy) is 1. The van der Waals surface area contributed by atoms with Crippen molar-refractivity contribution in [2.45, 2.75) is 46.4 Å². The molecule has 0 aliphatic rings. The Bertz CT molecular complexity index is 973. The molecule has 3 rings (SSSR count). The van der Waals surface area contributed by atoms with Crippen molar-refractivity contribution in [1.82, 2.24) is 14.9 Å². The Balaban J connectivity index is 1.85. The molecule has 27 heavy (non-hydrogen) atoms. The number of hydrogen-bond donors (Lipinski definition) is 1. The van der Waals surface area contributed by atoms with Crippen LogP contribution in [0.3, 0.4) is 0 Å². The number of benzene rings is 2. The number of imidazole rings is 1. The van der Waals surface area contributed by atoms with Gasteiger partial charge in [0, 0.05) is 10.6 Å². The number of rotatable bonds is 5. The molecule has 0 saturated heterocycles. The lowest BCUT2D eigenvalue weighted by Gasteiger charge is -2.21. The normalized spacial score (nSPS) is 11.6. The molecule has 3 aromatic rings. The Morgan fingerprint density at radius 1 is 1.22 bits per heavy atom. The van der Waals surface area contributed by atoms with E-state index >= 15 is 0 Å². The molecule has 1 amide bonds. The van der Waals surface area contributed by atoms with Crippen molar-refractivity contribution in [3.63, 3.8) is 0 Å². The number of amides is 1. The zero-order chi connectivity index (χ0) is 19.6. The van der Waals surface area contributed by atoms with E-state index < -0.39 is 0 Å². The average Bonchev–Trinajstić information content (AvgIpc) is 2.92. The average molecular weight is 386 g/mol. The summed E-state index contributed by atoms with van der Waals surface area (Å²) in [5.41, 5.74) is 2.41. The number of aromatic nitrogens is 2. The first-order valence-corrected chi connectivity index (χ1v) is 9.25. The lowest BCUT2D eigenvalue weighted by molar-refractivity contribution is -0.123. The van der Waals surface area contributed by atoms with Gasteiger partial charge < -0.3 is 14.6 Å². The van der Waals surface area contributed by atoms with Gasteiger partial charge in [0.15, 0.2) is 0 Å². The minimum atomic E-state index is -0.287. The van der Waals surface area contributed by atoms with Crippen LogP contribution in [0.4, 0.5) is 0 Å². The highest BCUT2D eigenvalue weighted by Crippen LogP contribution is 2.23. The first-order valence-electron chi connectivity index (χ1n) is 8.87. The first kappa shape index (κ1) is 19.2. The quantitative estimate of drug-likeness (QED) is 0.703. The van der Waals surface area contributed by atoms with Gasteiger partial charge in [0.25, 0.3) is 0 Å². The molecule has 1 aromatic heterocycles. The highest BCUT2D eigenvalue weighted by molar-refractivity contribution is 6.31. The molecule has 0 aliphatic carbocycles. The Morgan fingerprint density at radius 3 is 2.67 bits per heavy atom. The molecule has 0 atom stereocenters. The fraction of sp³-hybridized carbons (Fsp3) is 0.333. The van der Waals surface area contributed by atoms with Gasteiger partial charge in [-0.25, -0.2) is 4.98 Å². The summed E-state index contributed by atoms with van der Waals surface area (Å²) in [6, 6.07) is 13.3. The fourth-order valence-electron chi connectivity index (χ4n) is 2.87. The van der Waals surface area contributed by atoms with Gasteiger partial charge in [-0.15, -0.1) is 0 Å². The van der Waals surface area contributed by atoms with Crippen LogP contribution < -0.4 is 10.1 Å². The van der Waals surface area contributed by atoms with E-state index in [-0.39, 0.29) is 24.6 Å². The number of nitrogens with one attached hydrogen (secondary N) is 1. The van der Waals surface area contributed by atoms with E-state index in [1.54, 1.807) is 0 Å². The third kappa shape index (κ3) is 4.80. The van der Waals surface area contributed by atoms with Crippen molar-refractivity contribution in [3.8, 4) is 5.75 Å². The van der Waals surface area contributed by atoms with Crippen molar-refractivity contribution in [2.75, 3.05) is 0 Å². The van der Waals surface area contributed by atoms with Gasteiger partial charge in [0.05, 0.1) is 11.0 Å². The predicted molar refractivity (Wildman–Crippen MR) is 108 cm³/mol. The van der Waals surface area contributed by atoms with Crippen LogP contribution in [-0.2, 0) is 17.9 Å². The minimum Gasteiger partial charge on any atom is -0.486 e. The van der Waals surface area contributed by atoms with Crippen LogP contribution in [0.25, 0.3) is 11.0 Å².